The molecule has 4 aromatic rings. The maximum atomic E-state index is 13.0. The smallest absolute Gasteiger partial charge is 0.264 e. The molecule has 1 aliphatic rings. The summed E-state index contributed by atoms with van der Waals surface area (Å²) in [5, 5.41) is 4.83. The molecule has 2 unspecified atom stereocenters. The van der Waals surface area contributed by atoms with Crippen LogP contribution in [0.25, 0.3) is 21.1 Å². The van der Waals surface area contributed by atoms with Crippen LogP contribution in [0.5, 0.6) is 0 Å². The molecule has 6 nitrogen and oxygen atoms in total. The lowest BCUT2D eigenvalue weighted by atomic mass is 9.98. The summed E-state index contributed by atoms with van der Waals surface area (Å²) in [6.07, 6.45) is 0.979. The van der Waals surface area contributed by atoms with Crippen LogP contribution in [0, 0.1) is 0 Å². The van der Waals surface area contributed by atoms with Gasteiger partial charge < -0.3 is 20.1 Å². The van der Waals surface area contributed by atoms with Crippen LogP contribution in [0.15, 0.2) is 48.5 Å². The molecular formula is C26H31N5OS. The van der Waals surface area contributed by atoms with Crippen LogP contribution in [-0.2, 0) is 0 Å². The third-order valence-electron chi connectivity index (χ3n) is 6.75. The fourth-order valence-corrected chi connectivity index (χ4v) is 5.59. The first-order valence-electron chi connectivity index (χ1n) is 11.7. The number of rotatable bonds is 6. The molecule has 2 N–H and O–H groups in total. The van der Waals surface area contributed by atoms with Gasteiger partial charge in [-0.2, -0.15) is 0 Å². The first kappa shape index (κ1) is 21.9. The molecule has 1 saturated heterocycles. The Balaban J connectivity index is 1.33. The number of anilines is 1. The van der Waals surface area contributed by atoms with Crippen molar-refractivity contribution in [2.45, 2.75) is 32.2 Å². The number of likely N-dealkylation sites (N-methyl/N-ethyl adjacent to an activating group) is 1. The average Bonchev–Trinajstić information content (AvgIpc) is 3.46. The molecule has 0 aliphatic carbocycles. The largest absolute Gasteiger partial charge is 0.382 e. The van der Waals surface area contributed by atoms with Gasteiger partial charge >= 0.3 is 0 Å². The van der Waals surface area contributed by atoms with Crippen molar-refractivity contribution in [2.75, 3.05) is 38.5 Å². The van der Waals surface area contributed by atoms with E-state index in [0.29, 0.717) is 0 Å². The number of aromatic amines is 1. The van der Waals surface area contributed by atoms with E-state index in [1.807, 2.05) is 23.1 Å². The first-order chi connectivity index (χ1) is 16.0. The molecular weight excluding hydrogens is 430 g/mol. The Morgan fingerprint density at radius 1 is 1.15 bits per heavy atom. The van der Waals surface area contributed by atoms with Crippen molar-refractivity contribution >= 4 is 44.1 Å². The van der Waals surface area contributed by atoms with E-state index in [1.54, 1.807) is 11.3 Å². The maximum Gasteiger partial charge on any atom is 0.264 e. The number of imidazole rings is 1. The molecule has 0 radical (unpaired) electrons. The van der Waals surface area contributed by atoms with E-state index in [4.69, 9.17) is 4.98 Å². The molecule has 2 atom stereocenters. The quantitative estimate of drug-likeness (QED) is 0.416. The summed E-state index contributed by atoms with van der Waals surface area (Å²) < 4.78 is 1.15. The van der Waals surface area contributed by atoms with Crippen LogP contribution in [0.3, 0.4) is 0 Å². The van der Waals surface area contributed by atoms with Crippen molar-refractivity contribution in [3.05, 3.63) is 59.2 Å². The topological polar surface area (TPSA) is 64.3 Å². The number of fused-ring (bicyclic) bond motifs is 2. The molecule has 1 aliphatic heterocycles. The third-order valence-corrected chi connectivity index (χ3v) is 7.86. The lowest BCUT2D eigenvalue weighted by Crippen LogP contribution is -2.46. The highest BCUT2D eigenvalue weighted by Gasteiger charge is 2.23. The van der Waals surface area contributed by atoms with Gasteiger partial charge in [0, 0.05) is 48.5 Å². The molecule has 0 spiro atoms. The van der Waals surface area contributed by atoms with E-state index in [-0.39, 0.29) is 17.9 Å². The summed E-state index contributed by atoms with van der Waals surface area (Å²) in [4.78, 5) is 26.4. The summed E-state index contributed by atoms with van der Waals surface area (Å²) in [6.45, 7) is 7.89. The van der Waals surface area contributed by atoms with E-state index in [1.165, 1.54) is 0 Å². The van der Waals surface area contributed by atoms with E-state index in [9.17, 15) is 4.79 Å². The Morgan fingerprint density at radius 2 is 1.94 bits per heavy atom. The van der Waals surface area contributed by atoms with E-state index < -0.39 is 0 Å². The number of hydrogen-bond acceptors (Lipinski definition) is 5. The van der Waals surface area contributed by atoms with Crippen LogP contribution in [0.1, 0.15) is 41.7 Å². The minimum atomic E-state index is 0.156. The molecule has 7 heteroatoms. The normalized spacial score (nSPS) is 16.9. The first-order valence-corrected chi connectivity index (χ1v) is 12.6. The highest BCUT2D eigenvalue weighted by Crippen LogP contribution is 2.31. The molecule has 0 saturated carbocycles. The Bertz CT molecular complexity index is 1240. The Kier molecular flexibility index (Phi) is 6.08. The number of hydrogen-bond donors (Lipinski definition) is 2. The average molecular weight is 462 g/mol. The summed E-state index contributed by atoms with van der Waals surface area (Å²) in [5.41, 5.74) is 3.16. The number of amides is 1. The highest BCUT2D eigenvalue weighted by molar-refractivity contribution is 7.20. The Morgan fingerprint density at radius 3 is 2.70 bits per heavy atom. The number of carbonyl (C=O) groups is 1. The Labute approximate surface area is 198 Å². The number of thiophene rings is 1. The minimum Gasteiger partial charge on any atom is -0.382 e. The zero-order valence-electron chi connectivity index (χ0n) is 19.5. The molecule has 2 aromatic heterocycles. The van der Waals surface area contributed by atoms with Crippen LogP contribution >= 0.6 is 11.3 Å². The van der Waals surface area contributed by atoms with Crippen LogP contribution < -0.4 is 5.32 Å². The second-order valence-electron chi connectivity index (χ2n) is 9.05. The minimum absolute atomic E-state index is 0.156. The lowest BCUT2D eigenvalue weighted by molar-refractivity contribution is 0.0669. The summed E-state index contributed by atoms with van der Waals surface area (Å²) in [6, 6.07) is 16.9. The van der Waals surface area contributed by atoms with Crippen molar-refractivity contribution in [2.24, 2.45) is 0 Å². The van der Waals surface area contributed by atoms with E-state index >= 15 is 0 Å². The number of nitrogens with zero attached hydrogens (tertiary/aromatic N) is 3. The van der Waals surface area contributed by atoms with Crippen molar-refractivity contribution in [3.8, 4) is 0 Å². The van der Waals surface area contributed by atoms with E-state index in [2.05, 4.69) is 66.4 Å². The van der Waals surface area contributed by atoms with Gasteiger partial charge in [-0.1, -0.05) is 26.0 Å². The second kappa shape index (κ2) is 9.15. The third kappa shape index (κ3) is 4.48. The highest BCUT2D eigenvalue weighted by atomic mass is 32.1. The van der Waals surface area contributed by atoms with Crippen molar-refractivity contribution in [1.29, 1.82) is 0 Å². The maximum absolute atomic E-state index is 13.0. The number of benzene rings is 2. The lowest BCUT2D eigenvalue weighted by Gasteiger charge is -2.32. The molecule has 5 rings (SSSR count). The van der Waals surface area contributed by atoms with Gasteiger partial charge in [-0.25, -0.2) is 4.98 Å². The van der Waals surface area contributed by atoms with Gasteiger partial charge in [-0.05, 0) is 55.3 Å². The van der Waals surface area contributed by atoms with Gasteiger partial charge in [-0.15, -0.1) is 11.3 Å². The van der Waals surface area contributed by atoms with E-state index in [0.717, 1.165) is 70.1 Å². The second-order valence-corrected chi connectivity index (χ2v) is 10.1. The Hall–Kier alpha value is -2.90. The summed E-state index contributed by atoms with van der Waals surface area (Å²) in [7, 11) is 2.11. The van der Waals surface area contributed by atoms with Gasteiger partial charge in [0.2, 0.25) is 0 Å². The number of piperazine rings is 1. The SMILES string of the molecule is CCC(Nc1ccc2sc(C(=O)N3CCN(C)CC3)cc2c1)C(C)c1nc2ccccc2[nH]1. The fourth-order valence-electron chi connectivity index (χ4n) is 4.58. The van der Waals surface area contributed by atoms with Gasteiger partial charge in [0.25, 0.3) is 5.91 Å². The molecule has 172 valence electrons. The molecule has 3 heterocycles. The zero-order valence-corrected chi connectivity index (χ0v) is 20.3. The predicted molar refractivity (Wildman–Crippen MR) is 137 cm³/mol. The fraction of sp³-hybridized carbons (Fsp3) is 0.385. The summed E-state index contributed by atoms with van der Waals surface area (Å²) in [5.74, 6) is 1.39. The van der Waals surface area contributed by atoms with Crippen molar-refractivity contribution in [1.82, 2.24) is 19.8 Å². The molecule has 2 aromatic carbocycles. The number of nitrogens with one attached hydrogen (secondary N) is 2. The molecule has 33 heavy (non-hydrogen) atoms. The van der Waals surface area contributed by atoms with Crippen LogP contribution in [0.2, 0.25) is 0 Å². The molecule has 1 amide bonds. The monoisotopic (exact) mass is 461 g/mol. The van der Waals surface area contributed by atoms with Crippen LogP contribution in [0.4, 0.5) is 5.69 Å². The van der Waals surface area contributed by atoms with Crippen molar-refractivity contribution in [3.63, 3.8) is 0 Å². The van der Waals surface area contributed by atoms with Crippen LogP contribution in [-0.4, -0.2) is 64.9 Å². The number of aromatic nitrogens is 2. The van der Waals surface area contributed by atoms with Crippen molar-refractivity contribution < 1.29 is 4.79 Å². The zero-order chi connectivity index (χ0) is 22.9. The predicted octanol–water partition coefficient (Wildman–Crippen LogP) is 5.16. The van der Waals surface area contributed by atoms with Gasteiger partial charge in [0.15, 0.2) is 0 Å². The number of para-hydroxylation sites is 2. The molecule has 0 bridgehead atoms. The standard InChI is InChI=1S/C26H31N5OS/c1-4-20(17(2)25-28-21-7-5-6-8-22(21)29-25)27-19-9-10-23-18(15-19)16-24(33-23)26(32)31-13-11-30(3)12-14-31/h5-10,15-17,20,27H,4,11-14H2,1-3H3,(H,28,29). The van der Waals surface area contributed by atoms with Gasteiger partial charge in [0.1, 0.15) is 5.82 Å². The number of H-pyrrole nitrogens is 1. The summed E-state index contributed by atoms with van der Waals surface area (Å²) >= 11 is 1.59. The van der Waals surface area contributed by atoms with Gasteiger partial charge in [0.05, 0.1) is 15.9 Å². The molecule has 1 fully saturated rings. The number of carbonyl (C=O) groups excluding carboxylic acids is 1. The van der Waals surface area contributed by atoms with Gasteiger partial charge in [-0.3, -0.25) is 4.79 Å².